The Bertz CT molecular complexity index is 819. The summed E-state index contributed by atoms with van der Waals surface area (Å²) < 4.78 is 15.9. The fraction of sp³-hybridized carbons (Fsp3) is 0.348. The van der Waals surface area contributed by atoms with Gasteiger partial charge in [0.05, 0.1) is 25.0 Å². The number of nitrogens with zero attached hydrogens (tertiary/aromatic N) is 1. The van der Waals surface area contributed by atoms with Gasteiger partial charge in [-0.2, -0.15) is 0 Å². The summed E-state index contributed by atoms with van der Waals surface area (Å²) in [4.78, 5) is 0. The Labute approximate surface area is 161 Å². The first-order valence-electron chi connectivity index (χ1n) is 9.83. The van der Waals surface area contributed by atoms with Gasteiger partial charge in [-0.3, -0.25) is 0 Å². The van der Waals surface area contributed by atoms with E-state index in [1.165, 1.54) is 29.3 Å². The van der Waals surface area contributed by atoms with E-state index in [1.807, 2.05) is 0 Å². The molecule has 5 rings (SSSR count). The highest BCUT2D eigenvalue weighted by Gasteiger charge is 2.22. The van der Waals surface area contributed by atoms with Crippen molar-refractivity contribution >= 4 is 8.35 Å². The molecule has 27 heavy (non-hydrogen) atoms. The molecule has 4 heteroatoms. The third-order valence-electron chi connectivity index (χ3n) is 5.33. The Morgan fingerprint density at radius 1 is 1.00 bits per heavy atom. The van der Waals surface area contributed by atoms with E-state index in [4.69, 9.17) is 14.2 Å². The molecule has 2 heterocycles. The summed E-state index contributed by atoms with van der Waals surface area (Å²) in [5, 5.41) is 1.32. The predicted molar refractivity (Wildman–Crippen MR) is 111 cm³/mol. The third kappa shape index (κ3) is 4.43. The number of hydrogen-bond acceptors (Lipinski definition) is 3. The van der Waals surface area contributed by atoms with Gasteiger partial charge in [-0.15, -0.1) is 0 Å². The van der Waals surface area contributed by atoms with Crippen molar-refractivity contribution in [3.05, 3.63) is 60.2 Å². The first-order chi connectivity index (χ1) is 13.3. The minimum absolute atomic E-state index is 0.487. The van der Waals surface area contributed by atoms with E-state index in [9.17, 15) is 0 Å². The number of aryl methyl sites for hydroxylation is 1. The van der Waals surface area contributed by atoms with Crippen LogP contribution in [0.5, 0.6) is 5.75 Å². The van der Waals surface area contributed by atoms with Crippen LogP contribution in [0.4, 0.5) is 0 Å². The van der Waals surface area contributed by atoms with Gasteiger partial charge in [0.1, 0.15) is 5.75 Å². The second-order valence-corrected chi connectivity index (χ2v) is 8.62. The molecule has 2 atom stereocenters. The second kappa shape index (κ2) is 7.50. The minimum atomic E-state index is 0.487. The lowest BCUT2D eigenvalue weighted by Crippen LogP contribution is -1.98. The van der Waals surface area contributed by atoms with Crippen LogP contribution in [0.1, 0.15) is 24.8 Å². The highest BCUT2D eigenvalue weighted by atomic mass is 31.0. The van der Waals surface area contributed by atoms with Crippen LogP contribution >= 0.6 is 8.35 Å². The first-order valence-corrected chi connectivity index (χ1v) is 10.8. The number of rotatable bonds is 8. The molecule has 1 aliphatic heterocycles. The molecular formula is C23H24NO2P. The van der Waals surface area contributed by atoms with E-state index in [0.29, 0.717) is 14.5 Å². The molecular weight excluding hydrogens is 353 g/mol. The Balaban J connectivity index is 1.24. The molecule has 2 aromatic carbocycles. The van der Waals surface area contributed by atoms with Gasteiger partial charge in [-0.05, 0) is 81.4 Å². The normalized spacial score (nSPS) is 18.7. The van der Waals surface area contributed by atoms with Gasteiger partial charge in [-0.25, -0.2) is 4.75 Å². The maximum Gasteiger partial charge on any atom is 0.119 e. The van der Waals surface area contributed by atoms with Crippen LogP contribution in [-0.4, -0.2) is 24.1 Å². The average Bonchev–Trinajstić information content (AvgIpc) is 3.65. The van der Waals surface area contributed by atoms with Crippen molar-refractivity contribution in [1.29, 1.82) is 0 Å². The molecule has 138 valence electrons. The summed E-state index contributed by atoms with van der Waals surface area (Å²) in [6.45, 7) is 1.80. The zero-order valence-electron chi connectivity index (χ0n) is 15.4. The fourth-order valence-electron chi connectivity index (χ4n) is 3.25. The number of hydrogen-bond donors (Lipinski definition) is 0. The Morgan fingerprint density at radius 3 is 2.44 bits per heavy atom. The molecule has 3 nitrogen and oxygen atoms in total. The summed E-state index contributed by atoms with van der Waals surface area (Å²) in [6, 6.07) is 19.5. The molecule has 0 N–H and O–H groups in total. The molecule has 3 aromatic rings. The van der Waals surface area contributed by atoms with Gasteiger partial charge >= 0.3 is 0 Å². The number of aromatic nitrogens is 1. The zero-order chi connectivity index (χ0) is 18.1. The molecule has 2 unspecified atom stereocenters. The van der Waals surface area contributed by atoms with Gasteiger partial charge in [0.15, 0.2) is 0 Å². The minimum Gasteiger partial charge on any atom is -0.493 e. The second-order valence-electron chi connectivity index (χ2n) is 7.64. The van der Waals surface area contributed by atoms with Crippen molar-refractivity contribution in [3.63, 3.8) is 0 Å². The highest BCUT2D eigenvalue weighted by molar-refractivity contribution is 7.29. The number of ether oxygens (including phenoxy) is 2. The Hall–Kier alpha value is -2.09. The molecule has 0 radical (unpaired) electrons. The lowest BCUT2D eigenvalue weighted by Gasteiger charge is -2.05. The number of benzene rings is 2. The van der Waals surface area contributed by atoms with Gasteiger partial charge in [0.25, 0.3) is 0 Å². The standard InChI is InChI=1S/C23H24NO2P/c1-2-17(1)14-25-20-11-8-18(9-12-20)22-13-23(27-24-22)19-6-3-16(4-7-19)5-10-21-15-26-21/h3-4,6-9,11-13,17,21,27H,1-2,5,10,14-15H2. The van der Waals surface area contributed by atoms with E-state index in [1.54, 1.807) is 0 Å². The van der Waals surface area contributed by atoms with Gasteiger partial charge in [0, 0.05) is 10.9 Å². The van der Waals surface area contributed by atoms with E-state index in [-0.39, 0.29) is 0 Å². The van der Waals surface area contributed by atoms with Crippen molar-refractivity contribution in [2.24, 2.45) is 5.92 Å². The summed E-state index contributed by atoms with van der Waals surface area (Å²) in [5.74, 6) is 1.74. The molecule has 0 spiro atoms. The molecule has 2 aliphatic rings. The summed E-state index contributed by atoms with van der Waals surface area (Å²) >= 11 is 0. The monoisotopic (exact) mass is 377 g/mol. The SMILES string of the molecule is c1cc(-c2cc(-c3ccc(OCC4CC4)cc3)n[pH]2)ccc1CCC1CO1. The van der Waals surface area contributed by atoms with Crippen LogP contribution in [0.15, 0.2) is 54.6 Å². The molecule has 1 saturated heterocycles. The van der Waals surface area contributed by atoms with Gasteiger partial charge in [0.2, 0.25) is 0 Å². The summed E-state index contributed by atoms with van der Waals surface area (Å²) in [5.41, 5.74) is 4.91. The average molecular weight is 377 g/mol. The smallest absolute Gasteiger partial charge is 0.119 e. The molecule has 1 aromatic heterocycles. The molecule has 0 bridgehead atoms. The van der Waals surface area contributed by atoms with Crippen molar-refractivity contribution in [2.75, 3.05) is 13.2 Å². The van der Waals surface area contributed by atoms with Crippen molar-refractivity contribution in [3.8, 4) is 27.9 Å². The quantitative estimate of drug-likeness (QED) is 0.482. The molecule has 0 amide bonds. The van der Waals surface area contributed by atoms with Crippen LogP contribution in [0.3, 0.4) is 0 Å². The van der Waals surface area contributed by atoms with Gasteiger partial charge < -0.3 is 9.47 Å². The molecule has 2 fully saturated rings. The highest BCUT2D eigenvalue weighted by Crippen LogP contribution is 2.34. The van der Waals surface area contributed by atoms with Crippen LogP contribution in [0.25, 0.3) is 22.1 Å². The van der Waals surface area contributed by atoms with Crippen molar-refractivity contribution in [1.82, 2.24) is 4.75 Å². The van der Waals surface area contributed by atoms with Gasteiger partial charge in [-0.1, -0.05) is 24.3 Å². The van der Waals surface area contributed by atoms with E-state index in [0.717, 1.165) is 49.0 Å². The fourth-order valence-corrected chi connectivity index (χ4v) is 4.18. The van der Waals surface area contributed by atoms with Crippen LogP contribution in [0.2, 0.25) is 0 Å². The van der Waals surface area contributed by atoms with Crippen LogP contribution in [0, 0.1) is 5.92 Å². The largest absolute Gasteiger partial charge is 0.493 e. The Kier molecular flexibility index (Phi) is 4.73. The maximum atomic E-state index is 5.83. The predicted octanol–water partition coefficient (Wildman–Crippen LogP) is 5.57. The Morgan fingerprint density at radius 2 is 1.74 bits per heavy atom. The van der Waals surface area contributed by atoms with E-state index >= 15 is 0 Å². The van der Waals surface area contributed by atoms with E-state index < -0.39 is 0 Å². The topological polar surface area (TPSA) is 34.6 Å². The van der Waals surface area contributed by atoms with E-state index in [2.05, 4.69) is 54.6 Å². The summed E-state index contributed by atoms with van der Waals surface area (Å²) in [7, 11) is 0.487. The van der Waals surface area contributed by atoms with Crippen molar-refractivity contribution in [2.45, 2.75) is 31.8 Å². The molecule has 1 saturated carbocycles. The number of epoxide rings is 1. The lowest BCUT2D eigenvalue weighted by atomic mass is 10.0. The van der Waals surface area contributed by atoms with Crippen LogP contribution in [-0.2, 0) is 11.2 Å². The zero-order valence-corrected chi connectivity index (χ0v) is 16.4. The third-order valence-corrected chi connectivity index (χ3v) is 6.36. The summed E-state index contributed by atoms with van der Waals surface area (Å²) in [6.07, 6.45) is 5.38. The lowest BCUT2D eigenvalue weighted by molar-refractivity contribution is 0.300. The molecule has 1 aliphatic carbocycles. The first kappa shape index (κ1) is 17.0. The van der Waals surface area contributed by atoms with Crippen LogP contribution < -0.4 is 4.74 Å². The van der Waals surface area contributed by atoms with Crippen molar-refractivity contribution < 1.29 is 9.47 Å². The maximum absolute atomic E-state index is 5.83.